The maximum atomic E-state index is 13.2. The number of aromatic amines is 1. The fraction of sp³-hybridized carbons (Fsp3) is 0.480. The highest BCUT2D eigenvalue weighted by molar-refractivity contribution is 5.94. The van der Waals surface area contributed by atoms with Gasteiger partial charge in [0, 0.05) is 29.9 Å². The van der Waals surface area contributed by atoms with Gasteiger partial charge in [-0.1, -0.05) is 32.0 Å². The zero-order chi connectivity index (χ0) is 27.7. The molecule has 1 heterocycles. The molecule has 1 aromatic heterocycles. The number of fused-ring (bicyclic) bond motifs is 1. The number of H-pyrrole nitrogens is 1. The highest BCUT2D eigenvalue weighted by Crippen LogP contribution is 2.19. The molecule has 0 aliphatic carbocycles. The summed E-state index contributed by atoms with van der Waals surface area (Å²) in [5.41, 5.74) is 12.5. The highest BCUT2D eigenvalue weighted by atomic mass is 16.4. The van der Waals surface area contributed by atoms with Crippen LogP contribution in [0.4, 0.5) is 0 Å². The summed E-state index contributed by atoms with van der Waals surface area (Å²) < 4.78 is 0. The maximum Gasteiger partial charge on any atom is 0.326 e. The van der Waals surface area contributed by atoms with Gasteiger partial charge >= 0.3 is 5.97 Å². The summed E-state index contributed by atoms with van der Waals surface area (Å²) in [6.45, 7) is 5.30. The summed E-state index contributed by atoms with van der Waals surface area (Å²) in [4.78, 5) is 64.3. The van der Waals surface area contributed by atoms with Crippen LogP contribution in [0.3, 0.4) is 0 Å². The Morgan fingerprint density at radius 3 is 2.22 bits per heavy atom. The van der Waals surface area contributed by atoms with E-state index in [2.05, 4.69) is 20.9 Å². The largest absolute Gasteiger partial charge is 0.480 e. The average molecular weight is 517 g/mol. The van der Waals surface area contributed by atoms with E-state index in [0.717, 1.165) is 16.5 Å². The minimum absolute atomic E-state index is 0.0390. The minimum atomic E-state index is -1.38. The normalized spacial score (nSPS) is 14.4. The van der Waals surface area contributed by atoms with Gasteiger partial charge in [-0.25, -0.2) is 4.79 Å². The van der Waals surface area contributed by atoms with E-state index < -0.39 is 53.8 Å². The molecule has 4 atom stereocenters. The number of aromatic nitrogens is 1. The lowest BCUT2D eigenvalue weighted by molar-refractivity contribution is -0.142. The second kappa shape index (κ2) is 13.4. The van der Waals surface area contributed by atoms with Crippen molar-refractivity contribution in [2.24, 2.45) is 17.4 Å². The zero-order valence-electron chi connectivity index (χ0n) is 21.2. The Bertz CT molecular complexity index is 1130. The van der Waals surface area contributed by atoms with Crippen LogP contribution in [0.15, 0.2) is 30.5 Å². The SMILES string of the molecule is CC(C)CC(N)C(=O)NC(C)C(=O)NC(Cc1c[nH]c2ccccc12)C(=O)NC(CCC(N)=O)C(=O)O. The van der Waals surface area contributed by atoms with E-state index in [1.165, 1.54) is 6.92 Å². The Balaban J connectivity index is 2.21. The summed E-state index contributed by atoms with van der Waals surface area (Å²) in [5.74, 6) is -3.76. The molecule has 0 aliphatic heterocycles. The van der Waals surface area contributed by atoms with E-state index >= 15 is 0 Å². The standard InChI is InChI=1S/C25H36N6O6/c1-13(2)10-17(26)23(34)29-14(3)22(33)31-20(11-15-12-28-18-7-5-4-6-16(15)18)24(35)30-19(25(36)37)8-9-21(27)32/h4-7,12-14,17,19-20,28H,8-11,26H2,1-3H3,(H2,27,32)(H,29,34)(H,30,35)(H,31,33)(H,36,37). The molecule has 0 spiro atoms. The molecule has 37 heavy (non-hydrogen) atoms. The van der Waals surface area contributed by atoms with E-state index in [9.17, 15) is 29.1 Å². The first-order valence-electron chi connectivity index (χ1n) is 12.1. The third-order valence-electron chi connectivity index (χ3n) is 5.84. The van der Waals surface area contributed by atoms with Gasteiger partial charge in [0.25, 0.3) is 0 Å². The first-order chi connectivity index (χ1) is 17.4. The molecular weight excluding hydrogens is 480 g/mol. The molecule has 0 saturated heterocycles. The first-order valence-corrected chi connectivity index (χ1v) is 12.1. The van der Waals surface area contributed by atoms with Gasteiger partial charge in [-0.05, 0) is 37.3 Å². The van der Waals surface area contributed by atoms with Crippen LogP contribution in [-0.4, -0.2) is 63.9 Å². The van der Waals surface area contributed by atoms with Gasteiger partial charge in [-0.2, -0.15) is 0 Å². The van der Waals surface area contributed by atoms with Crippen molar-refractivity contribution in [2.45, 2.75) is 70.6 Å². The van der Waals surface area contributed by atoms with Gasteiger partial charge in [-0.3, -0.25) is 19.2 Å². The molecule has 2 aromatic rings. The van der Waals surface area contributed by atoms with Crippen molar-refractivity contribution in [2.75, 3.05) is 0 Å². The third-order valence-corrected chi connectivity index (χ3v) is 5.84. The summed E-state index contributed by atoms with van der Waals surface area (Å²) in [6, 6.07) is 3.03. The monoisotopic (exact) mass is 516 g/mol. The molecule has 4 amide bonds. The number of amides is 4. The molecule has 12 nitrogen and oxygen atoms in total. The summed E-state index contributed by atoms with van der Waals surface area (Å²) in [7, 11) is 0. The summed E-state index contributed by atoms with van der Waals surface area (Å²) in [5, 5.41) is 17.8. The van der Waals surface area contributed by atoms with Crippen molar-refractivity contribution in [1.29, 1.82) is 0 Å². The predicted molar refractivity (Wildman–Crippen MR) is 137 cm³/mol. The molecular formula is C25H36N6O6. The summed E-state index contributed by atoms with van der Waals surface area (Å²) >= 11 is 0. The van der Waals surface area contributed by atoms with Gasteiger partial charge in [0.2, 0.25) is 23.6 Å². The van der Waals surface area contributed by atoms with E-state index in [1.54, 1.807) is 6.20 Å². The van der Waals surface area contributed by atoms with Crippen LogP contribution in [0.1, 0.15) is 45.6 Å². The van der Waals surface area contributed by atoms with Crippen LogP contribution in [0.25, 0.3) is 10.9 Å². The predicted octanol–water partition coefficient (Wildman–Crippen LogP) is -0.0918. The van der Waals surface area contributed by atoms with Gasteiger partial charge in [-0.15, -0.1) is 0 Å². The van der Waals surface area contributed by atoms with Crippen molar-refractivity contribution in [3.8, 4) is 0 Å². The number of carboxylic acid groups (broad SMARTS) is 1. The number of carbonyl (C=O) groups is 5. The van der Waals surface area contributed by atoms with Crippen LogP contribution >= 0.6 is 0 Å². The van der Waals surface area contributed by atoms with Crippen LogP contribution in [0.2, 0.25) is 0 Å². The molecule has 0 fully saturated rings. The van der Waals surface area contributed by atoms with Crippen LogP contribution < -0.4 is 27.4 Å². The van der Waals surface area contributed by atoms with Crippen molar-refractivity contribution in [3.05, 3.63) is 36.0 Å². The molecule has 4 unspecified atom stereocenters. The number of nitrogens with one attached hydrogen (secondary N) is 4. The Morgan fingerprint density at radius 1 is 0.946 bits per heavy atom. The molecule has 0 bridgehead atoms. The Kier molecular flexibility index (Phi) is 10.6. The molecule has 0 aliphatic rings. The third kappa shape index (κ3) is 8.90. The molecule has 0 radical (unpaired) electrons. The first kappa shape index (κ1) is 29.3. The van der Waals surface area contributed by atoms with Crippen molar-refractivity contribution >= 4 is 40.5 Å². The number of carboxylic acids is 1. The summed E-state index contributed by atoms with van der Waals surface area (Å²) in [6.07, 6.45) is 1.74. The topological polar surface area (TPSA) is 209 Å². The molecule has 12 heteroatoms. The number of rotatable bonds is 14. The number of hydrogen-bond acceptors (Lipinski definition) is 6. The Morgan fingerprint density at radius 2 is 1.59 bits per heavy atom. The fourth-order valence-corrected chi connectivity index (χ4v) is 3.84. The maximum absolute atomic E-state index is 13.2. The Hall–Kier alpha value is -3.93. The van der Waals surface area contributed by atoms with Gasteiger partial charge in [0.15, 0.2) is 0 Å². The lowest BCUT2D eigenvalue weighted by Crippen LogP contribution is -2.57. The lowest BCUT2D eigenvalue weighted by atomic mass is 10.0. The molecule has 0 saturated carbocycles. The minimum Gasteiger partial charge on any atom is -0.480 e. The van der Waals surface area contributed by atoms with Gasteiger partial charge in [0.1, 0.15) is 18.1 Å². The number of benzene rings is 1. The number of hydrogen-bond donors (Lipinski definition) is 7. The van der Waals surface area contributed by atoms with Gasteiger partial charge in [0.05, 0.1) is 6.04 Å². The quantitative estimate of drug-likeness (QED) is 0.181. The number of para-hydroxylation sites is 1. The van der Waals surface area contributed by atoms with Crippen molar-refractivity contribution < 1.29 is 29.1 Å². The van der Waals surface area contributed by atoms with Crippen LogP contribution in [0, 0.1) is 5.92 Å². The second-order valence-electron chi connectivity index (χ2n) is 9.50. The molecule has 202 valence electrons. The van der Waals surface area contributed by atoms with Crippen molar-refractivity contribution in [1.82, 2.24) is 20.9 Å². The van der Waals surface area contributed by atoms with Crippen molar-refractivity contribution in [3.63, 3.8) is 0 Å². The highest BCUT2D eigenvalue weighted by Gasteiger charge is 2.30. The number of nitrogens with two attached hydrogens (primary N) is 2. The number of carbonyl (C=O) groups excluding carboxylic acids is 4. The van der Waals surface area contributed by atoms with E-state index in [-0.39, 0.29) is 25.2 Å². The lowest BCUT2D eigenvalue weighted by Gasteiger charge is -2.24. The van der Waals surface area contributed by atoms with E-state index in [4.69, 9.17) is 11.5 Å². The molecule has 2 rings (SSSR count). The van der Waals surface area contributed by atoms with Crippen LogP contribution in [0.5, 0.6) is 0 Å². The zero-order valence-corrected chi connectivity index (χ0v) is 21.2. The fourth-order valence-electron chi connectivity index (χ4n) is 3.84. The second-order valence-corrected chi connectivity index (χ2v) is 9.50. The molecule has 9 N–H and O–H groups in total. The van der Waals surface area contributed by atoms with E-state index in [0.29, 0.717) is 6.42 Å². The number of aliphatic carboxylic acids is 1. The smallest absolute Gasteiger partial charge is 0.326 e. The average Bonchev–Trinajstić information content (AvgIpc) is 3.23. The van der Waals surface area contributed by atoms with E-state index in [1.807, 2.05) is 38.1 Å². The van der Waals surface area contributed by atoms with Gasteiger partial charge < -0.3 is 37.5 Å². The Labute approximate surface area is 214 Å². The number of primary amides is 1. The molecule has 1 aromatic carbocycles. The van der Waals surface area contributed by atoms with Crippen LogP contribution in [-0.2, 0) is 30.4 Å².